The molecule has 3 heteroatoms. The first kappa shape index (κ1) is 13.1. The van der Waals surface area contributed by atoms with Crippen LogP contribution in [0.3, 0.4) is 0 Å². The Morgan fingerprint density at radius 1 is 1.44 bits per heavy atom. The van der Waals surface area contributed by atoms with Crippen LogP contribution in [0.1, 0.15) is 33.1 Å². The molecule has 0 fully saturated rings. The Morgan fingerprint density at radius 2 is 2.19 bits per heavy atom. The van der Waals surface area contributed by atoms with Crippen LogP contribution in [0, 0.1) is 11.3 Å². The van der Waals surface area contributed by atoms with Gasteiger partial charge in [0.2, 0.25) is 0 Å². The van der Waals surface area contributed by atoms with E-state index in [1.165, 1.54) is 0 Å². The molecule has 0 aliphatic heterocycles. The van der Waals surface area contributed by atoms with Gasteiger partial charge in [-0.3, -0.25) is 0 Å². The first-order chi connectivity index (χ1) is 7.65. The lowest BCUT2D eigenvalue weighted by molar-refractivity contribution is 0.514. The molecule has 0 radical (unpaired) electrons. The van der Waals surface area contributed by atoms with Gasteiger partial charge >= 0.3 is 0 Å². The Hall–Kier alpha value is -1.01. The molecule has 1 N–H and O–H groups in total. The summed E-state index contributed by atoms with van der Waals surface area (Å²) in [6.45, 7) is 4.15. The summed E-state index contributed by atoms with van der Waals surface area (Å²) in [6, 6.07) is 10.3. The zero-order valence-electron chi connectivity index (χ0n) is 9.76. The molecule has 1 aromatic carbocycles. The highest BCUT2D eigenvalue weighted by molar-refractivity contribution is 9.10. The van der Waals surface area contributed by atoms with Crippen molar-refractivity contribution >= 4 is 21.6 Å². The molecule has 1 rings (SSSR count). The highest BCUT2D eigenvalue weighted by Gasteiger charge is 2.26. The topological polar surface area (TPSA) is 35.8 Å². The second-order valence-corrected chi connectivity index (χ2v) is 4.85. The molecule has 2 nitrogen and oxygen atoms in total. The van der Waals surface area contributed by atoms with Crippen molar-refractivity contribution in [2.75, 3.05) is 5.32 Å². The van der Waals surface area contributed by atoms with Crippen LogP contribution in [0.15, 0.2) is 28.7 Å². The number of nitrogens with zero attached hydrogens (tertiary/aromatic N) is 1. The SMILES string of the molecule is CCCC(C#N)(CC)Nc1cccc(Br)c1. The van der Waals surface area contributed by atoms with E-state index in [-0.39, 0.29) is 0 Å². The Bertz CT molecular complexity index is 384. The number of benzene rings is 1. The molecular weight excluding hydrogens is 264 g/mol. The largest absolute Gasteiger partial charge is 0.367 e. The third kappa shape index (κ3) is 3.24. The van der Waals surface area contributed by atoms with Gasteiger partial charge in [0.05, 0.1) is 6.07 Å². The molecular formula is C13H17BrN2. The highest BCUT2D eigenvalue weighted by Crippen LogP contribution is 2.25. The second-order valence-electron chi connectivity index (χ2n) is 3.93. The van der Waals surface area contributed by atoms with Gasteiger partial charge in [-0.15, -0.1) is 0 Å². The summed E-state index contributed by atoms with van der Waals surface area (Å²) in [6.07, 6.45) is 2.68. The van der Waals surface area contributed by atoms with E-state index in [4.69, 9.17) is 0 Å². The molecule has 0 saturated heterocycles. The van der Waals surface area contributed by atoms with Crippen LogP contribution in [0.5, 0.6) is 0 Å². The van der Waals surface area contributed by atoms with Crippen molar-refractivity contribution in [1.82, 2.24) is 0 Å². The van der Waals surface area contributed by atoms with Gasteiger partial charge in [-0.2, -0.15) is 5.26 Å². The average Bonchev–Trinajstić information content (AvgIpc) is 2.28. The minimum atomic E-state index is -0.435. The van der Waals surface area contributed by atoms with Gasteiger partial charge in [0.1, 0.15) is 5.54 Å². The Morgan fingerprint density at radius 3 is 2.69 bits per heavy atom. The predicted octanol–water partition coefficient (Wildman–Crippen LogP) is 4.33. The number of rotatable bonds is 5. The van der Waals surface area contributed by atoms with E-state index in [2.05, 4.69) is 34.2 Å². The van der Waals surface area contributed by atoms with E-state index in [0.29, 0.717) is 0 Å². The molecule has 0 aliphatic carbocycles. The Labute approximate surface area is 106 Å². The van der Waals surface area contributed by atoms with E-state index < -0.39 is 5.54 Å². The normalized spacial score (nSPS) is 13.9. The molecule has 0 spiro atoms. The molecule has 0 amide bonds. The van der Waals surface area contributed by atoms with E-state index >= 15 is 0 Å². The molecule has 0 aromatic heterocycles. The number of nitrogens with one attached hydrogen (secondary N) is 1. The van der Waals surface area contributed by atoms with Crippen LogP contribution in [0.4, 0.5) is 5.69 Å². The van der Waals surface area contributed by atoms with Gasteiger partial charge in [-0.25, -0.2) is 0 Å². The van der Waals surface area contributed by atoms with Crippen molar-refractivity contribution in [3.8, 4) is 6.07 Å². The lowest BCUT2D eigenvalue weighted by Gasteiger charge is -2.27. The fraction of sp³-hybridized carbons (Fsp3) is 0.462. The fourth-order valence-corrected chi connectivity index (χ4v) is 2.16. The molecule has 0 bridgehead atoms. The molecule has 0 aliphatic rings. The van der Waals surface area contributed by atoms with Crippen molar-refractivity contribution in [1.29, 1.82) is 5.26 Å². The van der Waals surface area contributed by atoms with Crippen molar-refractivity contribution in [2.24, 2.45) is 0 Å². The number of anilines is 1. The lowest BCUT2D eigenvalue weighted by atomic mass is 9.92. The number of hydrogen-bond acceptors (Lipinski definition) is 2. The smallest absolute Gasteiger partial charge is 0.125 e. The summed E-state index contributed by atoms with van der Waals surface area (Å²) in [5.74, 6) is 0. The Kier molecular flexibility index (Phi) is 4.82. The van der Waals surface area contributed by atoms with E-state index in [9.17, 15) is 5.26 Å². The van der Waals surface area contributed by atoms with E-state index in [1.54, 1.807) is 0 Å². The van der Waals surface area contributed by atoms with Gasteiger partial charge in [0.25, 0.3) is 0 Å². The maximum Gasteiger partial charge on any atom is 0.125 e. The van der Waals surface area contributed by atoms with Gasteiger partial charge in [-0.1, -0.05) is 42.3 Å². The maximum absolute atomic E-state index is 9.31. The monoisotopic (exact) mass is 280 g/mol. The summed E-state index contributed by atoms with van der Waals surface area (Å²) in [4.78, 5) is 0. The third-order valence-electron chi connectivity index (χ3n) is 2.70. The number of hydrogen-bond donors (Lipinski definition) is 1. The van der Waals surface area contributed by atoms with Crippen LogP contribution in [-0.4, -0.2) is 5.54 Å². The Balaban J connectivity index is 2.88. The maximum atomic E-state index is 9.31. The molecule has 1 atom stereocenters. The minimum absolute atomic E-state index is 0.435. The van der Waals surface area contributed by atoms with Crippen LogP contribution >= 0.6 is 15.9 Å². The summed E-state index contributed by atoms with van der Waals surface area (Å²) in [5, 5.41) is 12.7. The zero-order chi connectivity index (χ0) is 12.0. The van der Waals surface area contributed by atoms with Crippen molar-refractivity contribution < 1.29 is 0 Å². The zero-order valence-corrected chi connectivity index (χ0v) is 11.3. The van der Waals surface area contributed by atoms with Crippen LogP contribution in [0.2, 0.25) is 0 Å². The molecule has 0 saturated carbocycles. The fourth-order valence-electron chi connectivity index (χ4n) is 1.76. The lowest BCUT2D eigenvalue weighted by Crippen LogP contribution is -2.35. The van der Waals surface area contributed by atoms with Crippen molar-refractivity contribution in [2.45, 2.75) is 38.6 Å². The number of halogens is 1. The number of nitriles is 1. The third-order valence-corrected chi connectivity index (χ3v) is 3.20. The summed E-state index contributed by atoms with van der Waals surface area (Å²) >= 11 is 3.43. The minimum Gasteiger partial charge on any atom is -0.367 e. The second kappa shape index (κ2) is 5.91. The summed E-state index contributed by atoms with van der Waals surface area (Å²) < 4.78 is 1.02. The average molecular weight is 281 g/mol. The van der Waals surface area contributed by atoms with Gasteiger partial charge in [0, 0.05) is 10.2 Å². The summed E-state index contributed by atoms with van der Waals surface area (Å²) in [7, 11) is 0. The van der Waals surface area contributed by atoms with Gasteiger partial charge in [-0.05, 0) is 31.0 Å². The predicted molar refractivity (Wildman–Crippen MR) is 71.3 cm³/mol. The van der Waals surface area contributed by atoms with Crippen molar-refractivity contribution in [3.05, 3.63) is 28.7 Å². The quantitative estimate of drug-likeness (QED) is 0.871. The van der Waals surface area contributed by atoms with Crippen molar-refractivity contribution in [3.63, 3.8) is 0 Å². The molecule has 1 aromatic rings. The first-order valence-electron chi connectivity index (χ1n) is 5.61. The first-order valence-corrected chi connectivity index (χ1v) is 6.40. The van der Waals surface area contributed by atoms with Crippen LogP contribution < -0.4 is 5.32 Å². The van der Waals surface area contributed by atoms with Gasteiger partial charge in [0.15, 0.2) is 0 Å². The van der Waals surface area contributed by atoms with E-state index in [1.807, 2.05) is 31.2 Å². The molecule has 86 valence electrons. The highest BCUT2D eigenvalue weighted by atomic mass is 79.9. The summed E-state index contributed by atoms with van der Waals surface area (Å²) in [5.41, 5.74) is 0.557. The molecule has 1 unspecified atom stereocenters. The van der Waals surface area contributed by atoms with Crippen LogP contribution in [-0.2, 0) is 0 Å². The van der Waals surface area contributed by atoms with Gasteiger partial charge < -0.3 is 5.32 Å². The molecule has 16 heavy (non-hydrogen) atoms. The van der Waals surface area contributed by atoms with E-state index in [0.717, 1.165) is 29.4 Å². The standard InChI is InChI=1S/C13H17BrN2/c1-3-8-13(4-2,10-15)16-12-7-5-6-11(14)9-12/h5-7,9,16H,3-4,8H2,1-2H3. The van der Waals surface area contributed by atoms with Crippen LogP contribution in [0.25, 0.3) is 0 Å². The molecule has 0 heterocycles.